The van der Waals surface area contributed by atoms with Crippen LogP contribution in [0.3, 0.4) is 0 Å². The molecule has 1 amide bonds. The first-order chi connectivity index (χ1) is 14.3. The molecule has 1 heterocycles. The zero-order chi connectivity index (χ0) is 21.8. The highest BCUT2D eigenvalue weighted by molar-refractivity contribution is 8.26. The van der Waals surface area contributed by atoms with Crippen LogP contribution in [0, 0.1) is 10.1 Å². The Balaban J connectivity index is 1.76. The van der Waals surface area contributed by atoms with Gasteiger partial charge in [0.05, 0.1) is 14.9 Å². The largest absolute Gasteiger partial charge is 0.489 e. The van der Waals surface area contributed by atoms with Crippen LogP contribution in [0.5, 0.6) is 11.5 Å². The van der Waals surface area contributed by atoms with E-state index >= 15 is 0 Å². The molecule has 0 spiro atoms. The van der Waals surface area contributed by atoms with Crippen molar-refractivity contribution in [3.05, 3.63) is 67.0 Å². The molecule has 0 atom stereocenters. The number of carbonyl (C=O) groups is 1. The van der Waals surface area contributed by atoms with E-state index in [1.165, 1.54) is 29.2 Å². The number of nitro groups is 1. The Bertz CT molecular complexity index is 1060. The number of likely N-dealkylation sites (N-methyl/N-ethyl adjacent to an activating group) is 1. The van der Waals surface area contributed by atoms with Gasteiger partial charge in [0.2, 0.25) is 0 Å². The Morgan fingerprint density at radius 2 is 1.87 bits per heavy atom. The molecule has 0 N–H and O–H groups in total. The van der Waals surface area contributed by atoms with Gasteiger partial charge in [-0.25, -0.2) is 0 Å². The zero-order valence-electron chi connectivity index (χ0n) is 15.5. The number of hydrogen-bond acceptors (Lipinski definition) is 7. The van der Waals surface area contributed by atoms with Crippen LogP contribution >= 0.6 is 47.2 Å². The minimum absolute atomic E-state index is 0.123. The molecule has 0 bridgehead atoms. The third kappa shape index (κ3) is 5.23. The summed E-state index contributed by atoms with van der Waals surface area (Å²) in [6, 6.07) is 9.00. The molecule has 11 heteroatoms. The first-order valence-electron chi connectivity index (χ1n) is 8.47. The highest BCUT2D eigenvalue weighted by Gasteiger charge is 2.29. The standard InChI is InChI=1S/C19H14Cl2N2O5S2/c1-22-18(24)17(30-19(22)29)9-11-8-13(23(25)26)3-5-15(11)27-6-7-28-16-10-12(20)2-4-14(16)21/h2-5,8-10H,6-7H2,1H3. The first-order valence-corrected chi connectivity index (χ1v) is 10.4. The monoisotopic (exact) mass is 484 g/mol. The minimum atomic E-state index is -0.517. The number of rotatable bonds is 7. The molecule has 2 aromatic rings. The average molecular weight is 485 g/mol. The van der Waals surface area contributed by atoms with E-state index in [9.17, 15) is 14.9 Å². The summed E-state index contributed by atoms with van der Waals surface area (Å²) < 4.78 is 11.7. The molecule has 1 saturated heterocycles. The molecule has 2 aromatic carbocycles. The Morgan fingerprint density at radius 1 is 1.17 bits per heavy atom. The summed E-state index contributed by atoms with van der Waals surface area (Å²) in [5, 5.41) is 12.0. The third-order valence-electron chi connectivity index (χ3n) is 3.97. The summed E-state index contributed by atoms with van der Waals surface area (Å²) in [5.74, 6) is 0.507. The van der Waals surface area contributed by atoms with Crippen molar-refractivity contribution in [2.24, 2.45) is 0 Å². The summed E-state index contributed by atoms with van der Waals surface area (Å²) >= 11 is 18.2. The fourth-order valence-electron chi connectivity index (χ4n) is 2.47. The van der Waals surface area contributed by atoms with Crippen LogP contribution < -0.4 is 9.47 Å². The Labute approximate surface area is 191 Å². The topological polar surface area (TPSA) is 81.9 Å². The van der Waals surface area contributed by atoms with Crippen molar-refractivity contribution in [3.63, 3.8) is 0 Å². The lowest BCUT2D eigenvalue weighted by molar-refractivity contribution is -0.384. The van der Waals surface area contributed by atoms with Crippen molar-refractivity contribution >= 4 is 69.2 Å². The second-order valence-electron chi connectivity index (χ2n) is 5.99. The molecule has 0 aliphatic carbocycles. The van der Waals surface area contributed by atoms with Gasteiger partial charge in [0.1, 0.15) is 29.0 Å². The molecular weight excluding hydrogens is 471 g/mol. The van der Waals surface area contributed by atoms with Gasteiger partial charge in [0.15, 0.2) is 0 Å². The number of carbonyl (C=O) groups excluding carboxylic acids is 1. The van der Waals surface area contributed by atoms with E-state index in [2.05, 4.69) is 0 Å². The second kappa shape index (κ2) is 9.65. The van der Waals surface area contributed by atoms with Crippen LogP contribution in [0.15, 0.2) is 41.3 Å². The summed E-state index contributed by atoms with van der Waals surface area (Å²) in [7, 11) is 1.57. The van der Waals surface area contributed by atoms with E-state index in [1.54, 1.807) is 25.2 Å². The van der Waals surface area contributed by atoms with Crippen LogP contribution in [0.4, 0.5) is 5.69 Å². The molecule has 7 nitrogen and oxygen atoms in total. The van der Waals surface area contributed by atoms with Gasteiger partial charge in [-0.1, -0.05) is 47.2 Å². The molecule has 0 unspecified atom stereocenters. The van der Waals surface area contributed by atoms with E-state index in [-0.39, 0.29) is 24.8 Å². The lowest BCUT2D eigenvalue weighted by Gasteiger charge is -2.12. The van der Waals surface area contributed by atoms with Gasteiger partial charge in [-0.3, -0.25) is 19.8 Å². The van der Waals surface area contributed by atoms with E-state index in [1.807, 2.05) is 0 Å². The van der Waals surface area contributed by atoms with Gasteiger partial charge in [-0.2, -0.15) is 0 Å². The van der Waals surface area contributed by atoms with E-state index < -0.39 is 4.92 Å². The second-order valence-corrected chi connectivity index (χ2v) is 8.51. The number of amides is 1. The van der Waals surface area contributed by atoms with Gasteiger partial charge in [-0.15, -0.1) is 0 Å². The molecular formula is C19H14Cl2N2O5S2. The summed E-state index contributed by atoms with van der Waals surface area (Å²) in [6.07, 6.45) is 1.53. The van der Waals surface area contributed by atoms with Gasteiger partial charge >= 0.3 is 0 Å². The van der Waals surface area contributed by atoms with Gasteiger partial charge in [0, 0.05) is 35.8 Å². The van der Waals surface area contributed by atoms with Crippen molar-refractivity contribution in [2.45, 2.75) is 0 Å². The summed E-state index contributed by atoms with van der Waals surface area (Å²) in [6.45, 7) is 0.295. The number of thioether (sulfide) groups is 1. The molecule has 3 rings (SSSR count). The minimum Gasteiger partial charge on any atom is -0.489 e. The van der Waals surface area contributed by atoms with Crippen molar-refractivity contribution in [1.82, 2.24) is 4.90 Å². The predicted molar refractivity (Wildman–Crippen MR) is 121 cm³/mol. The maximum absolute atomic E-state index is 12.3. The van der Waals surface area contributed by atoms with E-state index in [4.69, 9.17) is 44.9 Å². The van der Waals surface area contributed by atoms with Gasteiger partial charge in [0.25, 0.3) is 11.6 Å². The van der Waals surface area contributed by atoms with E-state index in [0.717, 1.165) is 11.8 Å². The Hall–Kier alpha value is -2.33. The number of ether oxygens (including phenoxy) is 2. The smallest absolute Gasteiger partial charge is 0.270 e. The summed E-state index contributed by atoms with van der Waals surface area (Å²) in [4.78, 5) is 24.6. The number of hydrogen-bond donors (Lipinski definition) is 0. The fourth-order valence-corrected chi connectivity index (χ4v) is 3.98. The SMILES string of the molecule is CN1C(=O)C(=Cc2cc([N+](=O)[O-])ccc2OCCOc2cc(Cl)ccc2Cl)SC1=S. The van der Waals surface area contributed by atoms with Crippen molar-refractivity contribution in [3.8, 4) is 11.5 Å². The van der Waals surface area contributed by atoms with Crippen LogP contribution in [-0.4, -0.2) is 40.3 Å². The van der Waals surface area contributed by atoms with Crippen molar-refractivity contribution < 1.29 is 19.2 Å². The van der Waals surface area contributed by atoms with E-state index in [0.29, 0.717) is 36.3 Å². The zero-order valence-corrected chi connectivity index (χ0v) is 18.6. The quantitative estimate of drug-likeness (QED) is 0.176. The molecule has 0 radical (unpaired) electrons. The highest BCUT2D eigenvalue weighted by Crippen LogP contribution is 2.34. The molecule has 156 valence electrons. The van der Waals surface area contributed by atoms with Gasteiger partial charge < -0.3 is 9.47 Å². The van der Waals surface area contributed by atoms with Crippen LogP contribution in [0.2, 0.25) is 10.0 Å². The molecule has 30 heavy (non-hydrogen) atoms. The number of nitrogens with zero attached hydrogens (tertiary/aromatic N) is 2. The molecule has 0 aromatic heterocycles. The maximum Gasteiger partial charge on any atom is 0.270 e. The van der Waals surface area contributed by atoms with Crippen molar-refractivity contribution in [2.75, 3.05) is 20.3 Å². The Morgan fingerprint density at radius 3 is 2.50 bits per heavy atom. The van der Waals surface area contributed by atoms with Crippen LogP contribution in [0.25, 0.3) is 6.08 Å². The normalized spacial score (nSPS) is 15.0. The predicted octanol–water partition coefficient (Wildman–Crippen LogP) is 5.19. The molecule has 1 fully saturated rings. The lowest BCUT2D eigenvalue weighted by atomic mass is 10.1. The maximum atomic E-state index is 12.3. The lowest BCUT2D eigenvalue weighted by Crippen LogP contribution is -2.22. The number of nitro benzene ring substituents is 1. The van der Waals surface area contributed by atoms with Crippen molar-refractivity contribution in [1.29, 1.82) is 0 Å². The first kappa shape index (κ1) is 22.4. The number of benzene rings is 2. The third-order valence-corrected chi connectivity index (χ3v) is 6.00. The number of halogens is 2. The van der Waals surface area contributed by atoms with Gasteiger partial charge in [-0.05, 0) is 24.3 Å². The molecule has 0 saturated carbocycles. The average Bonchev–Trinajstić information content (AvgIpc) is 2.95. The fraction of sp³-hybridized carbons (Fsp3) is 0.158. The van der Waals surface area contributed by atoms with Crippen LogP contribution in [-0.2, 0) is 4.79 Å². The number of non-ortho nitro benzene ring substituents is 1. The number of thiocarbonyl (C=S) groups is 1. The molecule has 1 aliphatic heterocycles. The summed E-state index contributed by atoms with van der Waals surface area (Å²) in [5.41, 5.74) is 0.265. The highest BCUT2D eigenvalue weighted by atomic mass is 35.5. The Kier molecular flexibility index (Phi) is 7.19. The molecule has 1 aliphatic rings. The van der Waals surface area contributed by atoms with Crippen LogP contribution in [0.1, 0.15) is 5.56 Å².